The highest BCUT2D eigenvalue weighted by atomic mass is 32.2. The summed E-state index contributed by atoms with van der Waals surface area (Å²) in [5, 5.41) is 4.98. The Balaban J connectivity index is 1.57. The highest BCUT2D eigenvalue weighted by Gasteiger charge is 2.09. The highest BCUT2D eigenvalue weighted by Crippen LogP contribution is 2.22. The minimum atomic E-state index is 0.589. The Hall–Kier alpha value is -2.41. The predicted octanol–water partition coefficient (Wildman–Crippen LogP) is 2.56. The Labute approximate surface area is 117 Å². The molecule has 0 radical (unpaired) electrons. The second kappa shape index (κ2) is 4.61. The zero-order valence-electron chi connectivity index (χ0n) is 10.3. The molecule has 0 saturated heterocycles. The Morgan fingerprint density at radius 3 is 3.00 bits per heavy atom. The number of fused-ring (bicyclic) bond motifs is 2. The van der Waals surface area contributed by atoms with E-state index in [0.717, 1.165) is 11.1 Å². The summed E-state index contributed by atoms with van der Waals surface area (Å²) >= 11 is 1.48. The maximum absolute atomic E-state index is 5.65. The maximum Gasteiger partial charge on any atom is 0.253 e. The third kappa shape index (κ3) is 2.01. The Bertz CT molecular complexity index is 744. The van der Waals surface area contributed by atoms with Gasteiger partial charge in [-0.05, 0) is 18.2 Å². The van der Waals surface area contributed by atoms with E-state index in [9.17, 15) is 0 Å². The number of rotatable bonds is 3. The lowest BCUT2D eigenvalue weighted by Crippen LogP contribution is -1.87. The van der Waals surface area contributed by atoms with E-state index in [4.69, 9.17) is 4.42 Å². The molecular formula is C13H9N5OS. The van der Waals surface area contributed by atoms with Gasteiger partial charge in [0.25, 0.3) is 5.78 Å². The third-order valence-electron chi connectivity index (χ3n) is 2.76. The van der Waals surface area contributed by atoms with Crippen molar-refractivity contribution in [3.8, 4) is 0 Å². The van der Waals surface area contributed by atoms with Crippen molar-refractivity contribution >= 4 is 28.6 Å². The van der Waals surface area contributed by atoms with Crippen LogP contribution in [0.5, 0.6) is 0 Å². The molecule has 0 fully saturated rings. The second-order valence-electron chi connectivity index (χ2n) is 4.12. The van der Waals surface area contributed by atoms with E-state index in [-0.39, 0.29) is 0 Å². The monoisotopic (exact) mass is 283 g/mol. The molecule has 4 rings (SSSR count). The van der Waals surface area contributed by atoms with Crippen LogP contribution < -0.4 is 0 Å². The molecule has 0 bridgehead atoms. The van der Waals surface area contributed by atoms with Crippen molar-refractivity contribution in [2.24, 2.45) is 0 Å². The number of nitrogens with zero attached hydrogens (tertiary/aromatic N) is 5. The van der Waals surface area contributed by atoms with Crippen LogP contribution in [-0.2, 0) is 5.75 Å². The van der Waals surface area contributed by atoms with Crippen LogP contribution >= 0.6 is 11.8 Å². The van der Waals surface area contributed by atoms with Gasteiger partial charge in [0.1, 0.15) is 5.52 Å². The molecule has 0 saturated carbocycles. The fourth-order valence-electron chi connectivity index (χ4n) is 1.88. The quantitative estimate of drug-likeness (QED) is 0.538. The minimum absolute atomic E-state index is 0.589. The molecule has 0 aliphatic rings. The molecule has 6 nitrogen and oxygen atoms in total. The van der Waals surface area contributed by atoms with E-state index in [1.807, 2.05) is 36.5 Å². The van der Waals surface area contributed by atoms with Gasteiger partial charge >= 0.3 is 0 Å². The van der Waals surface area contributed by atoms with Crippen LogP contribution in [0.2, 0.25) is 0 Å². The van der Waals surface area contributed by atoms with E-state index >= 15 is 0 Å². The van der Waals surface area contributed by atoms with Crippen LogP contribution in [0.15, 0.2) is 52.3 Å². The molecule has 0 N–H and O–H groups in total. The van der Waals surface area contributed by atoms with Crippen molar-refractivity contribution < 1.29 is 4.42 Å². The van der Waals surface area contributed by atoms with Crippen LogP contribution in [-0.4, -0.2) is 24.6 Å². The second-order valence-corrected chi connectivity index (χ2v) is 5.07. The number of hydrogen-bond acceptors (Lipinski definition) is 6. The number of oxazole rings is 1. The molecule has 1 aromatic carbocycles. The summed E-state index contributed by atoms with van der Waals surface area (Å²) in [5.74, 6) is 1.85. The Kier molecular flexibility index (Phi) is 2.63. The third-order valence-corrected chi connectivity index (χ3v) is 3.58. The van der Waals surface area contributed by atoms with Gasteiger partial charge < -0.3 is 4.42 Å². The molecule has 20 heavy (non-hydrogen) atoms. The summed E-state index contributed by atoms with van der Waals surface area (Å²) in [4.78, 5) is 12.9. The average molecular weight is 283 g/mol. The largest absolute Gasteiger partial charge is 0.440 e. The molecule has 0 aliphatic carbocycles. The number of thioether (sulfide) groups is 1. The molecule has 0 atom stereocenters. The van der Waals surface area contributed by atoms with E-state index in [0.29, 0.717) is 22.6 Å². The zero-order valence-corrected chi connectivity index (χ0v) is 11.1. The molecule has 98 valence electrons. The van der Waals surface area contributed by atoms with E-state index in [2.05, 4.69) is 20.1 Å². The van der Waals surface area contributed by atoms with Gasteiger partial charge in [-0.2, -0.15) is 4.98 Å². The van der Waals surface area contributed by atoms with Crippen LogP contribution in [0.1, 0.15) is 5.89 Å². The molecule has 4 aromatic rings. The molecule has 0 aliphatic heterocycles. The van der Waals surface area contributed by atoms with Gasteiger partial charge in [0.15, 0.2) is 5.58 Å². The molecule has 3 heterocycles. The molecule has 0 unspecified atom stereocenters. The normalized spacial score (nSPS) is 11.4. The van der Waals surface area contributed by atoms with E-state index in [1.54, 1.807) is 10.7 Å². The number of aromatic nitrogens is 5. The van der Waals surface area contributed by atoms with Crippen molar-refractivity contribution in [3.05, 3.63) is 48.6 Å². The molecular weight excluding hydrogens is 274 g/mol. The summed E-state index contributed by atoms with van der Waals surface area (Å²) in [7, 11) is 0. The molecule has 0 amide bonds. The summed E-state index contributed by atoms with van der Waals surface area (Å²) in [5.41, 5.74) is 1.67. The van der Waals surface area contributed by atoms with Crippen LogP contribution in [0, 0.1) is 0 Å². The van der Waals surface area contributed by atoms with Crippen LogP contribution in [0.3, 0.4) is 0 Å². The van der Waals surface area contributed by atoms with Crippen molar-refractivity contribution in [2.45, 2.75) is 10.9 Å². The fraction of sp³-hybridized carbons (Fsp3) is 0.0769. The van der Waals surface area contributed by atoms with E-state index in [1.165, 1.54) is 11.8 Å². The van der Waals surface area contributed by atoms with Crippen LogP contribution in [0.4, 0.5) is 0 Å². The first-order valence-electron chi connectivity index (χ1n) is 6.03. The smallest absolute Gasteiger partial charge is 0.253 e. The van der Waals surface area contributed by atoms with Gasteiger partial charge in [0.05, 0.1) is 5.75 Å². The average Bonchev–Trinajstić information content (AvgIpc) is 3.07. The lowest BCUT2D eigenvalue weighted by atomic mass is 10.3. The number of para-hydroxylation sites is 2. The number of benzene rings is 1. The Morgan fingerprint density at radius 1 is 1.15 bits per heavy atom. The van der Waals surface area contributed by atoms with Crippen LogP contribution in [0.25, 0.3) is 16.9 Å². The minimum Gasteiger partial charge on any atom is -0.440 e. The van der Waals surface area contributed by atoms with Gasteiger partial charge in [0.2, 0.25) is 11.0 Å². The molecule has 0 spiro atoms. The topological polar surface area (TPSA) is 69.1 Å². The van der Waals surface area contributed by atoms with E-state index < -0.39 is 0 Å². The fourth-order valence-corrected chi connectivity index (χ4v) is 2.55. The van der Waals surface area contributed by atoms with Crippen molar-refractivity contribution in [1.82, 2.24) is 24.6 Å². The van der Waals surface area contributed by atoms with Gasteiger partial charge in [-0.3, -0.25) is 0 Å². The van der Waals surface area contributed by atoms with Gasteiger partial charge in [-0.1, -0.05) is 23.9 Å². The van der Waals surface area contributed by atoms with Gasteiger partial charge in [0, 0.05) is 12.4 Å². The molecule has 3 aromatic heterocycles. The number of hydrogen-bond donors (Lipinski definition) is 0. The highest BCUT2D eigenvalue weighted by molar-refractivity contribution is 7.98. The predicted molar refractivity (Wildman–Crippen MR) is 74.4 cm³/mol. The Morgan fingerprint density at radius 2 is 2.10 bits per heavy atom. The summed E-state index contributed by atoms with van der Waals surface area (Å²) < 4.78 is 7.30. The standard InChI is InChI=1S/C13H9N5OS/c1-2-5-10-9(4-1)15-11(19-10)8-20-13-16-12-14-6-3-7-18(12)17-13/h1-7H,8H2. The lowest BCUT2D eigenvalue weighted by molar-refractivity contribution is 0.556. The summed E-state index contributed by atoms with van der Waals surface area (Å²) in [6.45, 7) is 0. The molecule has 7 heteroatoms. The van der Waals surface area contributed by atoms with Crippen molar-refractivity contribution in [1.29, 1.82) is 0 Å². The van der Waals surface area contributed by atoms with Gasteiger partial charge in [-0.25, -0.2) is 14.5 Å². The van der Waals surface area contributed by atoms with Gasteiger partial charge in [-0.15, -0.1) is 5.10 Å². The first-order valence-corrected chi connectivity index (χ1v) is 7.02. The maximum atomic E-state index is 5.65. The summed E-state index contributed by atoms with van der Waals surface area (Å²) in [6.07, 6.45) is 3.51. The zero-order chi connectivity index (χ0) is 13.4. The lowest BCUT2D eigenvalue weighted by Gasteiger charge is -1.90. The van der Waals surface area contributed by atoms with Crippen molar-refractivity contribution in [3.63, 3.8) is 0 Å². The SMILES string of the molecule is c1ccc2oc(CSc3nc4ncccn4n3)nc2c1. The first-order chi connectivity index (χ1) is 9.88. The first kappa shape index (κ1) is 11.4. The van der Waals surface area contributed by atoms with Crippen molar-refractivity contribution in [2.75, 3.05) is 0 Å². The summed E-state index contributed by atoms with van der Waals surface area (Å²) in [6, 6.07) is 9.53.